The molecule has 1 aromatic carbocycles. The second-order valence-electron chi connectivity index (χ2n) is 7.72. The number of hydrogen-bond donors (Lipinski definition) is 1. The third-order valence-corrected chi connectivity index (χ3v) is 6.65. The van der Waals surface area contributed by atoms with E-state index in [-0.39, 0.29) is 5.69 Å². The summed E-state index contributed by atoms with van der Waals surface area (Å²) >= 11 is 2.15. The molecule has 0 radical (unpaired) electrons. The summed E-state index contributed by atoms with van der Waals surface area (Å²) in [5.41, 5.74) is 6.09. The van der Waals surface area contributed by atoms with E-state index >= 15 is 0 Å². The Labute approximate surface area is 177 Å². The van der Waals surface area contributed by atoms with Crippen LogP contribution in [0.25, 0.3) is 11.0 Å². The fourth-order valence-electron chi connectivity index (χ4n) is 2.65. The van der Waals surface area contributed by atoms with Crippen molar-refractivity contribution in [2.45, 2.75) is 32.4 Å². The zero-order valence-electron chi connectivity index (χ0n) is 15.9. The molecule has 0 saturated heterocycles. The van der Waals surface area contributed by atoms with E-state index in [2.05, 4.69) is 47.2 Å². The Morgan fingerprint density at radius 1 is 1.21 bits per heavy atom. The van der Waals surface area contributed by atoms with E-state index in [1.807, 2.05) is 10.8 Å². The molecule has 0 saturated carbocycles. The molecule has 0 aliphatic heterocycles. The van der Waals surface area contributed by atoms with Crippen LogP contribution < -0.4 is 10.5 Å². The predicted octanol–water partition coefficient (Wildman–Crippen LogP) is 5.61. The van der Waals surface area contributed by atoms with Crippen LogP contribution in [-0.4, -0.2) is 24.2 Å². The highest BCUT2D eigenvalue weighted by Gasteiger charge is 2.18. The van der Waals surface area contributed by atoms with E-state index in [1.54, 1.807) is 12.3 Å². The van der Waals surface area contributed by atoms with E-state index in [0.717, 1.165) is 21.7 Å². The van der Waals surface area contributed by atoms with E-state index in [0.29, 0.717) is 30.1 Å². The standard InChI is InChI=1S/C19H22F2IN3O2Si/c1-28(2,3)7-6-26-11-25-10-15(22)17-16(4-5-24-19(17)25)27-18-13(20)8-12(23)9-14(18)21/h4-5,8-10H,6-7,11,23H2,1-3H3. The number of hydrogen-bond acceptors (Lipinski definition) is 4. The largest absolute Gasteiger partial charge is 0.450 e. The monoisotopic (exact) mass is 517 g/mol. The number of anilines is 1. The van der Waals surface area contributed by atoms with Gasteiger partial charge in [-0.2, -0.15) is 0 Å². The minimum atomic E-state index is -1.16. The lowest BCUT2D eigenvalue weighted by Gasteiger charge is -2.15. The van der Waals surface area contributed by atoms with Gasteiger partial charge in [0.2, 0.25) is 0 Å². The molecule has 28 heavy (non-hydrogen) atoms. The molecule has 0 aliphatic rings. The first-order valence-electron chi connectivity index (χ1n) is 8.79. The van der Waals surface area contributed by atoms with Crippen LogP contribution in [0.15, 0.2) is 30.6 Å². The van der Waals surface area contributed by atoms with Gasteiger partial charge in [-0.25, -0.2) is 13.8 Å². The lowest BCUT2D eigenvalue weighted by Crippen LogP contribution is -2.22. The van der Waals surface area contributed by atoms with Crippen LogP contribution in [0.5, 0.6) is 11.5 Å². The summed E-state index contributed by atoms with van der Waals surface area (Å²) in [6.07, 6.45) is 3.43. The van der Waals surface area contributed by atoms with Crippen molar-refractivity contribution in [3.63, 3.8) is 0 Å². The molecule has 0 spiro atoms. The maximum atomic E-state index is 14.1. The van der Waals surface area contributed by atoms with Crippen LogP contribution in [0.4, 0.5) is 14.5 Å². The zero-order valence-corrected chi connectivity index (χ0v) is 19.1. The molecular weight excluding hydrogens is 495 g/mol. The molecule has 2 heterocycles. The number of ether oxygens (including phenoxy) is 2. The van der Waals surface area contributed by atoms with Crippen LogP contribution >= 0.6 is 22.6 Å². The number of nitrogens with zero attached hydrogens (tertiary/aromatic N) is 2. The lowest BCUT2D eigenvalue weighted by molar-refractivity contribution is 0.0898. The van der Waals surface area contributed by atoms with Crippen molar-refractivity contribution in [2.24, 2.45) is 0 Å². The molecule has 3 rings (SSSR count). The molecule has 2 aromatic heterocycles. The Morgan fingerprint density at radius 2 is 1.89 bits per heavy atom. The van der Waals surface area contributed by atoms with Crippen LogP contribution in [0.3, 0.4) is 0 Å². The smallest absolute Gasteiger partial charge is 0.198 e. The van der Waals surface area contributed by atoms with E-state index in [1.165, 1.54) is 0 Å². The fraction of sp³-hybridized carbons (Fsp3) is 0.316. The van der Waals surface area contributed by atoms with Gasteiger partial charge in [0.15, 0.2) is 17.4 Å². The maximum absolute atomic E-state index is 14.1. The molecule has 3 aromatic rings. The van der Waals surface area contributed by atoms with Gasteiger partial charge in [0, 0.05) is 48.5 Å². The van der Waals surface area contributed by atoms with Gasteiger partial charge in [0.25, 0.3) is 0 Å². The van der Waals surface area contributed by atoms with Gasteiger partial charge in [0.05, 0.1) is 5.39 Å². The van der Waals surface area contributed by atoms with Crippen molar-refractivity contribution >= 4 is 47.4 Å². The molecule has 5 nitrogen and oxygen atoms in total. The normalized spacial score (nSPS) is 11.9. The molecule has 0 amide bonds. The Balaban J connectivity index is 1.87. The van der Waals surface area contributed by atoms with Gasteiger partial charge in [-0.3, -0.25) is 0 Å². The van der Waals surface area contributed by atoms with E-state index in [4.69, 9.17) is 15.2 Å². The number of rotatable bonds is 7. The minimum absolute atomic E-state index is 0.00146. The SMILES string of the molecule is C[Si](C)(C)CCOCn1cc(I)c2c(Oc3c(F)cc(N)cc3F)ccnc21. The number of pyridine rings is 1. The molecule has 0 fully saturated rings. The van der Waals surface area contributed by atoms with Crippen LogP contribution in [-0.2, 0) is 11.5 Å². The number of aromatic nitrogens is 2. The summed E-state index contributed by atoms with van der Waals surface area (Å²) in [6, 6.07) is 4.70. The van der Waals surface area contributed by atoms with E-state index in [9.17, 15) is 8.78 Å². The van der Waals surface area contributed by atoms with Gasteiger partial charge in [-0.15, -0.1) is 0 Å². The maximum Gasteiger partial charge on any atom is 0.198 e. The third kappa shape index (κ3) is 4.81. The molecule has 0 unspecified atom stereocenters. The molecular formula is C19H22F2IN3O2Si. The summed E-state index contributed by atoms with van der Waals surface area (Å²) in [5, 5.41) is 0.674. The highest BCUT2D eigenvalue weighted by atomic mass is 127. The van der Waals surface area contributed by atoms with Crippen LogP contribution in [0.2, 0.25) is 25.7 Å². The van der Waals surface area contributed by atoms with Crippen molar-refractivity contribution in [1.82, 2.24) is 9.55 Å². The molecule has 0 atom stereocenters. The molecule has 0 aliphatic carbocycles. The van der Waals surface area contributed by atoms with Gasteiger partial charge in [0.1, 0.15) is 18.1 Å². The van der Waals surface area contributed by atoms with Crippen molar-refractivity contribution in [2.75, 3.05) is 12.3 Å². The quantitative estimate of drug-likeness (QED) is 0.192. The Bertz CT molecular complexity index is 982. The first kappa shape index (κ1) is 21.0. The number of halogens is 3. The van der Waals surface area contributed by atoms with Crippen molar-refractivity contribution in [3.8, 4) is 11.5 Å². The average molecular weight is 517 g/mol. The van der Waals surface area contributed by atoms with Crippen molar-refractivity contribution in [1.29, 1.82) is 0 Å². The van der Waals surface area contributed by atoms with Crippen LogP contribution in [0, 0.1) is 15.2 Å². The van der Waals surface area contributed by atoms with E-state index < -0.39 is 25.5 Å². The second kappa shape index (κ2) is 8.33. The summed E-state index contributed by atoms with van der Waals surface area (Å²) < 4.78 is 42.3. The Kier molecular flexibility index (Phi) is 6.25. The Hall–Kier alpha value is -1.72. The average Bonchev–Trinajstić information content (AvgIpc) is 2.91. The number of nitrogen functional groups attached to an aromatic ring is 1. The third-order valence-electron chi connectivity index (χ3n) is 4.13. The lowest BCUT2D eigenvalue weighted by atomic mass is 10.2. The number of nitrogens with two attached hydrogens (primary N) is 1. The van der Waals surface area contributed by atoms with Crippen LogP contribution in [0.1, 0.15) is 0 Å². The molecule has 150 valence electrons. The Morgan fingerprint density at radius 3 is 2.54 bits per heavy atom. The van der Waals surface area contributed by atoms with Gasteiger partial charge in [-0.05, 0) is 34.7 Å². The van der Waals surface area contributed by atoms with Crippen molar-refractivity contribution < 1.29 is 18.3 Å². The second-order valence-corrected chi connectivity index (χ2v) is 14.5. The number of benzene rings is 1. The summed E-state index contributed by atoms with van der Waals surface area (Å²) in [4.78, 5) is 4.39. The predicted molar refractivity (Wildman–Crippen MR) is 117 cm³/mol. The zero-order chi connectivity index (χ0) is 20.5. The number of fused-ring (bicyclic) bond motifs is 1. The van der Waals surface area contributed by atoms with Gasteiger partial charge >= 0.3 is 0 Å². The van der Waals surface area contributed by atoms with Gasteiger partial charge in [-0.1, -0.05) is 19.6 Å². The van der Waals surface area contributed by atoms with Crippen molar-refractivity contribution in [3.05, 3.63) is 45.8 Å². The highest BCUT2D eigenvalue weighted by Crippen LogP contribution is 2.36. The summed E-state index contributed by atoms with van der Waals surface area (Å²) in [6.45, 7) is 7.93. The summed E-state index contributed by atoms with van der Waals surface area (Å²) in [5.74, 6) is -1.88. The summed E-state index contributed by atoms with van der Waals surface area (Å²) in [7, 11) is -1.16. The minimum Gasteiger partial charge on any atom is -0.450 e. The topological polar surface area (TPSA) is 62.3 Å². The first-order valence-corrected chi connectivity index (χ1v) is 13.6. The highest BCUT2D eigenvalue weighted by molar-refractivity contribution is 14.1. The molecule has 9 heteroatoms. The van der Waals surface area contributed by atoms with Gasteiger partial charge < -0.3 is 19.8 Å². The molecule has 0 bridgehead atoms. The molecule has 2 N–H and O–H groups in total. The fourth-order valence-corrected chi connectivity index (χ4v) is 4.25. The first-order chi connectivity index (χ1) is 13.2.